The number of nitrogens with zero attached hydrogens (tertiary/aromatic N) is 2. The molecule has 0 bridgehead atoms. The Bertz CT molecular complexity index is 531. The van der Waals surface area contributed by atoms with E-state index in [4.69, 9.17) is 9.52 Å². The van der Waals surface area contributed by atoms with E-state index in [2.05, 4.69) is 36.1 Å². The van der Waals surface area contributed by atoms with E-state index in [1.54, 1.807) is 24.2 Å². The maximum Gasteiger partial charge on any atom is 0.204 e. The topological polar surface area (TPSA) is 71.2 Å². The summed E-state index contributed by atoms with van der Waals surface area (Å²) >= 11 is 3.12. The van der Waals surface area contributed by atoms with Gasteiger partial charge in [-0.05, 0) is 0 Å². The summed E-state index contributed by atoms with van der Waals surface area (Å²) < 4.78 is 6.78. The lowest BCUT2D eigenvalue weighted by Gasteiger charge is -2.12. The van der Waals surface area contributed by atoms with Crippen molar-refractivity contribution < 1.29 is 9.52 Å². The minimum atomic E-state index is -0.105. The van der Waals surface area contributed by atoms with Gasteiger partial charge in [-0.1, -0.05) is 32.1 Å². The van der Waals surface area contributed by atoms with Crippen molar-refractivity contribution >= 4 is 28.2 Å². The van der Waals surface area contributed by atoms with Gasteiger partial charge in [-0.3, -0.25) is 0 Å². The van der Waals surface area contributed by atoms with E-state index >= 15 is 0 Å². The summed E-state index contributed by atoms with van der Waals surface area (Å²) in [5.41, 5.74) is -0.0153. The zero-order valence-corrected chi connectivity index (χ0v) is 12.8. The largest absolute Gasteiger partial charge is 0.444 e. The third-order valence-corrected chi connectivity index (χ3v) is 4.48. The van der Waals surface area contributed by atoms with Gasteiger partial charge in [0.1, 0.15) is 12.5 Å². The summed E-state index contributed by atoms with van der Waals surface area (Å²) in [7, 11) is 0. The van der Waals surface area contributed by atoms with Gasteiger partial charge in [0.2, 0.25) is 5.89 Å². The van der Waals surface area contributed by atoms with E-state index in [-0.39, 0.29) is 12.1 Å². The van der Waals surface area contributed by atoms with Gasteiger partial charge >= 0.3 is 0 Å². The lowest BCUT2D eigenvalue weighted by Crippen LogP contribution is -2.09. The molecule has 2 aromatic rings. The number of rotatable bonds is 5. The van der Waals surface area contributed by atoms with E-state index in [1.807, 2.05) is 0 Å². The van der Waals surface area contributed by atoms with Crippen LogP contribution in [-0.4, -0.2) is 21.8 Å². The molecule has 0 fully saturated rings. The highest BCUT2D eigenvalue weighted by Gasteiger charge is 2.19. The molecule has 2 rings (SSSR count). The number of anilines is 1. The van der Waals surface area contributed by atoms with Gasteiger partial charge in [-0.2, -0.15) is 0 Å². The summed E-state index contributed by atoms with van der Waals surface area (Å²) in [4.78, 5) is 8.42. The molecule has 0 spiro atoms. The predicted octanol–water partition coefficient (Wildman–Crippen LogP) is 3.08. The highest BCUT2D eigenvalue weighted by atomic mass is 32.2. The standard InChI is InChI=1S/C12H17N3O2S2/c1-12(2,3)8-4-13-9(17-8)6-18-10-5-14-11(19-10)15-7-16/h4-5,16H,6-7H2,1-3H3,(H,14,15). The molecule has 104 valence electrons. The van der Waals surface area contributed by atoms with Crippen LogP contribution in [0.1, 0.15) is 32.4 Å². The second-order valence-electron chi connectivity index (χ2n) is 4.98. The average molecular weight is 299 g/mol. The number of aromatic nitrogens is 2. The van der Waals surface area contributed by atoms with E-state index < -0.39 is 0 Å². The Morgan fingerprint density at radius 1 is 1.37 bits per heavy atom. The number of nitrogens with one attached hydrogen (secondary N) is 1. The maximum absolute atomic E-state index is 8.74. The SMILES string of the molecule is CC(C)(C)c1cnc(CSc2cnc(NCO)s2)o1. The van der Waals surface area contributed by atoms with Crippen molar-refractivity contribution in [1.82, 2.24) is 9.97 Å². The summed E-state index contributed by atoms with van der Waals surface area (Å²) in [5.74, 6) is 2.30. The van der Waals surface area contributed by atoms with Crippen LogP contribution in [0.15, 0.2) is 21.0 Å². The fourth-order valence-corrected chi connectivity index (χ4v) is 3.05. The van der Waals surface area contributed by atoms with Crippen molar-refractivity contribution in [3.63, 3.8) is 0 Å². The molecule has 7 heteroatoms. The van der Waals surface area contributed by atoms with Crippen molar-refractivity contribution in [2.45, 2.75) is 36.1 Å². The molecule has 0 saturated carbocycles. The molecular formula is C12H17N3O2S2. The molecule has 19 heavy (non-hydrogen) atoms. The molecule has 2 heterocycles. The number of hydrogen-bond acceptors (Lipinski definition) is 7. The molecule has 0 aromatic carbocycles. The number of thiazole rings is 1. The third-order valence-electron chi connectivity index (χ3n) is 2.35. The lowest BCUT2D eigenvalue weighted by molar-refractivity contribution is 0.325. The summed E-state index contributed by atoms with van der Waals surface area (Å²) in [5, 5.41) is 12.2. The first kappa shape index (κ1) is 14.4. The first-order valence-corrected chi connectivity index (χ1v) is 7.68. The smallest absolute Gasteiger partial charge is 0.204 e. The zero-order valence-electron chi connectivity index (χ0n) is 11.1. The van der Waals surface area contributed by atoms with Gasteiger partial charge in [-0.15, -0.1) is 11.8 Å². The van der Waals surface area contributed by atoms with E-state index in [9.17, 15) is 0 Å². The van der Waals surface area contributed by atoms with Crippen molar-refractivity contribution in [2.75, 3.05) is 12.0 Å². The number of hydrogen-bond donors (Lipinski definition) is 2. The van der Waals surface area contributed by atoms with Gasteiger partial charge in [-0.25, -0.2) is 9.97 Å². The molecule has 0 atom stereocenters. The van der Waals surface area contributed by atoms with Crippen molar-refractivity contribution in [1.29, 1.82) is 0 Å². The summed E-state index contributed by atoms with van der Waals surface area (Å²) in [6, 6.07) is 0. The highest BCUT2D eigenvalue weighted by molar-refractivity contribution is 8.00. The highest BCUT2D eigenvalue weighted by Crippen LogP contribution is 2.31. The predicted molar refractivity (Wildman–Crippen MR) is 77.6 cm³/mol. The van der Waals surface area contributed by atoms with Crippen LogP contribution in [-0.2, 0) is 11.2 Å². The molecular weight excluding hydrogens is 282 g/mol. The maximum atomic E-state index is 8.74. The van der Waals surface area contributed by atoms with Crippen LogP contribution in [0.3, 0.4) is 0 Å². The molecule has 2 N–H and O–H groups in total. The van der Waals surface area contributed by atoms with Crippen molar-refractivity contribution in [2.24, 2.45) is 0 Å². The van der Waals surface area contributed by atoms with E-state index in [1.165, 1.54) is 11.3 Å². The fraction of sp³-hybridized carbons (Fsp3) is 0.500. The van der Waals surface area contributed by atoms with Gasteiger partial charge in [0.15, 0.2) is 5.13 Å². The Kier molecular flexibility index (Phi) is 4.49. The second kappa shape index (κ2) is 5.94. The zero-order chi connectivity index (χ0) is 13.9. The second-order valence-corrected chi connectivity index (χ2v) is 7.28. The molecule has 0 saturated heterocycles. The summed E-state index contributed by atoms with van der Waals surface area (Å²) in [6.07, 6.45) is 3.57. The van der Waals surface area contributed by atoms with Gasteiger partial charge in [0.05, 0.1) is 22.4 Å². The van der Waals surface area contributed by atoms with Crippen LogP contribution < -0.4 is 5.32 Å². The molecule has 0 aliphatic rings. The molecule has 0 radical (unpaired) electrons. The normalized spacial score (nSPS) is 11.8. The molecule has 0 aliphatic heterocycles. The minimum absolute atomic E-state index is 0.0153. The van der Waals surface area contributed by atoms with Gasteiger partial charge in [0.25, 0.3) is 0 Å². The van der Waals surface area contributed by atoms with Crippen LogP contribution in [0.2, 0.25) is 0 Å². The Balaban J connectivity index is 1.93. The quantitative estimate of drug-likeness (QED) is 0.653. The number of thioether (sulfide) groups is 1. The van der Waals surface area contributed by atoms with Gasteiger partial charge < -0.3 is 14.8 Å². The Labute approximate surface area is 120 Å². The number of aliphatic hydroxyl groups excluding tert-OH is 1. The van der Waals surface area contributed by atoms with Crippen LogP contribution in [0.25, 0.3) is 0 Å². The first-order valence-electron chi connectivity index (χ1n) is 5.87. The molecule has 0 unspecified atom stereocenters. The van der Waals surface area contributed by atoms with E-state index in [0.29, 0.717) is 10.9 Å². The van der Waals surface area contributed by atoms with Gasteiger partial charge in [0, 0.05) is 5.41 Å². The fourth-order valence-electron chi connectivity index (χ4n) is 1.33. The third kappa shape index (κ3) is 3.95. The van der Waals surface area contributed by atoms with E-state index in [0.717, 1.165) is 15.9 Å². The Hall–Kier alpha value is -1.05. The van der Waals surface area contributed by atoms with Crippen LogP contribution in [0.5, 0.6) is 0 Å². The van der Waals surface area contributed by atoms with Crippen LogP contribution >= 0.6 is 23.1 Å². The summed E-state index contributed by atoms with van der Waals surface area (Å²) in [6.45, 7) is 6.19. The van der Waals surface area contributed by atoms with Crippen LogP contribution in [0.4, 0.5) is 5.13 Å². The van der Waals surface area contributed by atoms with Crippen LogP contribution in [0, 0.1) is 0 Å². The van der Waals surface area contributed by atoms with Crippen molar-refractivity contribution in [3.05, 3.63) is 24.0 Å². The first-order chi connectivity index (χ1) is 8.99. The average Bonchev–Trinajstić information content (AvgIpc) is 2.94. The number of oxazole rings is 1. The number of aliphatic hydroxyl groups is 1. The molecule has 0 aliphatic carbocycles. The Morgan fingerprint density at radius 2 is 2.16 bits per heavy atom. The molecule has 0 amide bonds. The minimum Gasteiger partial charge on any atom is -0.444 e. The monoisotopic (exact) mass is 299 g/mol. The molecule has 5 nitrogen and oxygen atoms in total. The molecule has 2 aromatic heterocycles. The lowest BCUT2D eigenvalue weighted by atomic mass is 9.94. The Morgan fingerprint density at radius 3 is 2.79 bits per heavy atom. The van der Waals surface area contributed by atoms with Crippen molar-refractivity contribution in [3.8, 4) is 0 Å².